The van der Waals surface area contributed by atoms with Crippen molar-refractivity contribution in [2.75, 3.05) is 20.3 Å². The molecule has 0 N–H and O–H groups in total. The molecule has 1 aliphatic heterocycles. The molecule has 0 spiro atoms. The fraction of sp³-hybridized carbons (Fsp3) is 0.500. The lowest BCUT2D eigenvalue weighted by molar-refractivity contribution is -0.171. The molecule has 4 nitrogen and oxygen atoms in total. The van der Waals surface area contributed by atoms with Gasteiger partial charge in [-0.2, -0.15) is 0 Å². The van der Waals surface area contributed by atoms with Gasteiger partial charge in [0, 0.05) is 12.0 Å². The van der Waals surface area contributed by atoms with E-state index < -0.39 is 5.79 Å². The van der Waals surface area contributed by atoms with E-state index in [1.54, 1.807) is 12.1 Å². The van der Waals surface area contributed by atoms with Gasteiger partial charge >= 0.3 is 5.97 Å². The largest absolute Gasteiger partial charge is 0.465 e. The third kappa shape index (κ3) is 2.40. The van der Waals surface area contributed by atoms with Gasteiger partial charge in [-0.15, -0.1) is 0 Å². The van der Waals surface area contributed by atoms with Gasteiger partial charge in [0.25, 0.3) is 0 Å². The van der Waals surface area contributed by atoms with Crippen molar-refractivity contribution in [2.24, 2.45) is 0 Å². The molecule has 0 atom stereocenters. The summed E-state index contributed by atoms with van der Waals surface area (Å²) in [5, 5.41) is 0. The van der Waals surface area contributed by atoms with Crippen LogP contribution in [0.15, 0.2) is 24.3 Å². The van der Waals surface area contributed by atoms with Gasteiger partial charge in [-0.25, -0.2) is 4.79 Å². The molecule has 18 heavy (non-hydrogen) atoms. The summed E-state index contributed by atoms with van der Waals surface area (Å²) in [4.78, 5) is 11.5. The standard InChI is InChI=1S/C14H18O4/c1-3-7-14(17-8-9-18-14)12-6-4-5-11(10-12)13(15)16-2/h4-6,10H,3,7-9H2,1-2H3. The fourth-order valence-electron chi connectivity index (χ4n) is 2.24. The van der Waals surface area contributed by atoms with Crippen LogP contribution in [0.4, 0.5) is 0 Å². The fourth-order valence-corrected chi connectivity index (χ4v) is 2.24. The average molecular weight is 250 g/mol. The molecule has 1 aliphatic rings. The highest BCUT2D eigenvalue weighted by atomic mass is 16.7. The first-order chi connectivity index (χ1) is 8.72. The Morgan fingerprint density at radius 3 is 2.72 bits per heavy atom. The van der Waals surface area contributed by atoms with Crippen LogP contribution in [0.25, 0.3) is 0 Å². The van der Waals surface area contributed by atoms with Crippen LogP contribution in [0.1, 0.15) is 35.7 Å². The molecule has 98 valence electrons. The van der Waals surface area contributed by atoms with Crippen LogP contribution in [0.3, 0.4) is 0 Å². The van der Waals surface area contributed by atoms with Crippen LogP contribution in [0.5, 0.6) is 0 Å². The van der Waals surface area contributed by atoms with E-state index >= 15 is 0 Å². The molecule has 1 aromatic carbocycles. The van der Waals surface area contributed by atoms with Gasteiger partial charge in [-0.1, -0.05) is 25.5 Å². The van der Waals surface area contributed by atoms with Crippen LogP contribution in [-0.4, -0.2) is 26.3 Å². The minimum Gasteiger partial charge on any atom is -0.465 e. The van der Waals surface area contributed by atoms with Crippen molar-refractivity contribution in [1.82, 2.24) is 0 Å². The van der Waals surface area contributed by atoms with Crippen LogP contribution in [0, 0.1) is 0 Å². The molecule has 0 amide bonds. The van der Waals surface area contributed by atoms with Gasteiger partial charge in [-0.3, -0.25) is 0 Å². The number of carbonyl (C=O) groups is 1. The second-order valence-corrected chi connectivity index (χ2v) is 4.27. The van der Waals surface area contributed by atoms with Crippen LogP contribution in [-0.2, 0) is 20.0 Å². The molecule has 1 fully saturated rings. The van der Waals surface area contributed by atoms with Gasteiger partial charge in [0.05, 0.1) is 25.9 Å². The number of hydrogen-bond donors (Lipinski definition) is 0. The highest BCUT2D eigenvalue weighted by Crippen LogP contribution is 2.36. The lowest BCUT2D eigenvalue weighted by atomic mass is 9.99. The molecule has 0 aliphatic carbocycles. The Hall–Kier alpha value is -1.39. The normalized spacial score (nSPS) is 17.7. The quantitative estimate of drug-likeness (QED) is 0.770. The minimum absolute atomic E-state index is 0.346. The zero-order valence-electron chi connectivity index (χ0n) is 10.8. The number of rotatable bonds is 4. The summed E-state index contributed by atoms with van der Waals surface area (Å²) >= 11 is 0. The molecular formula is C14H18O4. The topological polar surface area (TPSA) is 44.8 Å². The Labute approximate surface area is 107 Å². The maximum absolute atomic E-state index is 11.5. The molecule has 1 saturated heterocycles. The van der Waals surface area contributed by atoms with Gasteiger partial charge in [0.1, 0.15) is 0 Å². The predicted molar refractivity (Wildman–Crippen MR) is 66.3 cm³/mol. The van der Waals surface area contributed by atoms with Gasteiger partial charge < -0.3 is 14.2 Å². The van der Waals surface area contributed by atoms with Crippen molar-refractivity contribution in [3.63, 3.8) is 0 Å². The Bertz CT molecular complexity index is 422. The highest BCUT2D eigenvalue weighted by molar-refractivity contribution is 5.89. The lowest BCUT2D eigenvalue weighted by Crippen LogP contribution is -2.27. The Kier molecular flexibility index (Phi) is 3.99. The van der Waals surface area contributed by atoms with E-state index in [0.29, 0.717) is 18.8 Å². The van der Waals surface area contributed by atoms with Crippen molar-refractivity contribution in [3.05, 3.63) is 35.4 Å². The molecule has 1 aromatic rings. The van der Waals surface area contributed by atoms with Crippen LogP contribution < -0.4 is 0 Å². The summed E-state index contributed by atoms with van der Waals surface area (Å²) in [7, 11) is 1.37. The van der Waals surface area contributed by atoms with E-state index in [0.717, 1.165) is 18.4 Å². The molecule has 4 heteroatoms. The van der Waals surface area contributed by atoms with E-state index in [4.69, 9.17) is 14.2 Å². The summed E-state index contributed by atoms with van der Waals surface area (Å²) < 4.78 is 16.2. The van der Waals surface area contributed by atoms with Crippen molar-refractivity contribution in [1.29, 1.82) is 0 Å². The van der Waals surface area contributed by atoms with Gasteiger partial charge in [0.15, 0.2) is 5.79 Å². The molecular weight excluding hydrogens is 232 g/mol. The van der Waals surface area contributed by atoms with Crippen molar-refractivity contribution in [3.8, 4) is 0 Å². The third-order valence-corrected chi connectivity index (χ3v) is 3.06. The lowest BCUT2D eigenvalue weighted by Gasteiger charge is -2.27. The van der Waals surface area contributed by atoms with E-state index in [-0.39, 0.29) is 5.97 Å². The molecule has 1 heterocycles. The zero-order valence-corrected chi connectivity index (χ0v) is 10.8. The Balaban J connectivity index is 2.33. The van der Waals surface area contributed by atoms with Crippen LogP contribution >= 0.6 is 0 Å². The summed E-state index contributed by atoms with van der Waals surface area (Å²) in [5.41, 5.74) is 1.40. The van der Waals surface area contributed by atoms with Crippen LogP contribution in [0.2, 0.25) is 0 Å². The summed E-state index contributed by atoms with van der Waals surface area (Å²) in [5.74, 6) is -1.04. The Morgan fingerprint density at radius 2 is 2.11 bits per heavy atom. The minimum atomic E-state index is -0.696. The maximum atomic E-state index is 11.5. The zero-order chi connectivity index (χ0) is 13.0. The smallest absolute Gasteiger partial charge is 0.337 e. The molecule has 0 saturated carbocycles. The summed E-state index contributed by atoms with van der Waals surface area (Å²) in [6, 6.07) is 7.26. The first kappa shape index (κ1) is 13.1. The number of esters is 1. The second kappa shape index (κ2) is 5.50. The first-order valence-electron chi connectivity index (χ1n) is 6.18. The molecule has 0 aromatic heterocycles. The molecule has 2 rings (SSSR count). The first-order valence-corrected chi connectivity index (χ1v) is 6.18. The number of methoxy groups -OCH3 is 1. The highest BCUT2D eigenvalue weighted by Gasteiger charge is 2.37. The molecule has 0 bridgehead atoms. The van der Waals surface area contributed by atoms with E-state index in [9.17, 15) is 4.79 Å². The number of benzene rings is 1. The van der Waals surface area contributed by atoms with E-state index in [2.05, 4.69) is 6.92 Å². The number of ether oxygens (including phenoxy) is 3. The SMILES string of the molecule is CCCC1(c2cccc(C(=O)OC)c2)OCCO1. The van der Waals surface area contributed by atoms with Gasteiger partial charge in [-0.05, 0) is 12.1 Å². The van der Waals surface area contributed by atoms with Crippen molar-refractivity contribution < 1.29 is 19.0 Å². The summed E-state index contributed by atoms with van der Waals surface area (Å²) in [6.45, 7) is 3.25. The third-order valence-electron chi connectivity index (χ3n) is 3.06. The number of hydrogen-bond acceptors (Lipinski definition) is 4. The monoisotopic (exact) mass is 250 g/mol. The van der Waals surface area contributed by atoms with E-state index in [1.807, 2.05) is 12.1 Å². The Morgan fingerprint density at radius 1 is 1.39 bits per heavy atom. The maximum Gasteiger partial charge on any atom is 0.337 e. The summed E-state index contributed by atoms with van der Waals surface area (Å²) in [6.07, 6.45) is 1.72. The van der Waals surface area contributed by atoms with E-state index in [1.165, 1.54) is 7.11 Å². The average Bonchev–Trinajstić information content (AvgIpc) is 2.88. The number of carbonyl (C=O) groups excluding carboxylic acids is 1. The molecule has 0 unspecified atom stereocenters. The van der Waals surface area contributed by atoms with Gasteiger partial charge in [0.2, 0.25) is 0 Å². The van der Waals surface area contributed by atoms with Crippen molar-refractivity contribution in [2.45, 2.75) is 25.6 Å². The van der Waals surface area contributed by atoms with Crippen molar-refractivity contribution >= 4 is 5.97 Å². The predicted octanol–water partition coefficient (Wildman–Crippen LogP) is 2.47. The molecule has 0 radical (unpaired) electrons. The second-order valence-electron chi connectivity index (χ2n) is 4.27.